The van der Waals surface area contributed by atoms with Crippen LogP contribution in [-0.2, 0) is 0 Å². The van der Waals surface area contributed by atoms with Gasteiger partial charge in [0.25, 0.3) is 0 Å². The predicted molar refractivity (Wildman–Crippen MR) is 78.4 cm³/mol. The second kappa shape index (κ2) is 6.82. The largest absolute Gasteiger partial charge is 0.353 e. The van der Waals surface area contributed by atoms with Gasteiger partial charge in [-0.2, -0.15) is 0 Å². The van der Waals surface area contributed by atoms with Gasteiger partial charge in [0.2, 0.25) is 0 Å². The van der Waals surface area contributed by atoms with Gasteiger partial charge in [-0.15, -0.1) is 0 Å². The summed E-state index contributed by atoms with van der Waals surface area (Å²) in [6.45, 7) is 10.3. The molecule has 2 rings (SSSR count). The van der Waals surface area contributed by atoms with Crippen LogP contribution in [0.15, 0.2) is 6.20 Å². The SMILES string of the molecule is Cc1cnc(C)c(N2CCN(CCCCN)CC2)n1. The molecule has 0 amide bonds. The van der Waals surface area contributed by atoms with E-state index in [-0.39, 0.29) is 0 Å². The monoisotopic (exact) mass is 263 g/mol. The molecule has 0 spiro atoms. The molecule has 1 saturated heterocycles. The van der Waals surface area contributed by atoms with Crippen molar-refractivity contribution in [1.29, 1.82) is 0 Å². The molecular formula is C14H25N5. The lowest BCUT2D eigenvalue weighted by Crippen LogP contribution is -2.47. The van der Waals surface area contributed by atoms with E-state index in [9.17, 15) is 0 Å². The average molecular weight is 263 g/mol. The van der Waals surface area contributed by atoms with Crippen LogP contribution in [0, 0.1) is 13.8 Å². The molecular weight excluding hydrogens is 238 g/mol. The minimum absolute atomic E-state index is 0.804. The first-order chi connectivity index (χ1) is 9.20. The van der Waals surface area contributed by atoms with Gasteiger partial charge in [-0.3, -0.25) is 9.88 Å². The molecule has 19 heavy (non-hydrogen) atoms. The summed E-state index contributed by atoms with van der Waals surface area (Å²) in [5, 5.41) is 0. The fourth-order valence-electron chi connectivity index (χ4n) is 2.49. The Balaban J connectivity index is 1.87. The summed E-state index contributed by atoms with van der Waals surface area (Å²) in [5.41, 5.74) is 7.55. The van der Waals surface area contributed by atoms with Crippen molar-refractivity contribution in [3.8, 4) is 0 Å². The molecule has 1 aromatic rings. The lowest BCUT2D eigenvalue weighted by atomic mass is 10.2. The minimum atomic E-state index is 0.804. The Morgan fingerprint density at radius 1 is 1.16 bits per heavy atom. The van der Waals surface area contributed by atoms with Gasteiger partial charge in [-0.25, -0.2) is 4.98 Å². The summed E-state index contributed by atoms with van der Waals surface area (Å²) in [6.07, 6.45) is 4.17. The molecule has 0 unspecified atom stereocenters. The number of rotatable bonds is 5. The van der Waals surface area contributed by atoms with Crippen molar-refractivity contribution in [3.63, 3.8) is 0 Å². The first kappa shape index (κ1) is 14.2. The number of nitrogens with two attached hydrogens (primary N) is 1. The number of anilines is 1. The van der Waals surface area contributed by atoms with E-state index in [1.165, 1.54) is 13.0 Å². The average Bonchev–Trinajstić information content (AvgIpc) is 2.43. The lowest BCUT2D eigenvalue weighted by molar-refractivity contribution is 0.253. The van der Waals surface area contributed by atoms with Crippen molar-refractivity contribution < 1.29 is 0 Å². The molecule has 1 aliphatic heterocycles. The molecule has 0 atom stereocenters. The summed E-state index contributed by atoms with van der Waals surface area (Å²) in [6, 6.07) is 0. The van der Waals surface area contributed by atoms with Gasteiger partial charge >= 0.3 is 0 Å². The van der Waals surface area contributed by atoms with E-state index >= 15 is 0 Å². The maximum atomic E-state index is 5.53. The summed E-state index contributed by atoms with van der Waals surface area (Å²) in [5.74, 6) is 1.06. The van der Waals surface area contributed by atoms with E-state index in [1.54, 1.807) is 0 Å². The van der Waals surface area contributed by atoms with Crippen LogP contribution < -0.4 is 10.6 Å². The highest BCUT2D eigenvalue weighted by Gasteiger charge is 2.19. The van der Waals surface area contributed by atoms with Crippen molar-refractivity contribution in [1.82, 2.24) is 14.9 Å². The first-order valence-electron chi connectivity index (χ1n) is 7.18. The van der Waals surface area contributed by atoms with Crippen LogP contribution >= 0.6 is 0 Å². The van der Waals surface area contributed by atoms with Crippen LogP contribution in [0.5, 0.6) is 0 Å². The molecule has 1 fully saturated rings. The number of aromatic nitrogens is 2. The summed E-state index contributed by atoms with van der Waals surface area (Å²) in [4.78, 5) is 13.9. The van der Waals surface area contributed by atoms with E-state index in [4.69, 9.17) is 5.73 Å². The smallest absolute Gasteiger partial charge is 0.150 e. The molecule has 5 heteroatoms. The third kappa shape index (κ3) is 3.88. The Kier molecular flexibility index (Phi) is 5.10. The van der Waals surface area contributed by atoms with E-state index in [2.05, 4.69) is 19.8 Å². The van der Waals surface area contributed by atoms with Crippen LogP contribution in [-0.4, -0.2) is 54.1 Å². The van der Waals surface area contributed by atoms with Crippen molar-refractivity contribution in [2.45, 2.75) is 26.7 Å². The Hall–Kier alpha value is -1.20. The van der Waals surface area contributed by atoms with Crippen molar-refractivity contribution in [2.75, 3.05) is 44.2 Å². The zero-order chi connectivity index (χ0) is 13.7. The number of piperazine rings is 1. The molecule has 0 aliphatic carbocycles. The quantitative estimate of drug-likeness (QED) is 0.802. The van der Waals surface area contributed by atoms with Crippen LogP contribution in [0.25, 0.3) is 0 Å². The zero-order valence-electron chi connectivity index (χ0n) is 12.1. The molecule has 0 saturated carbocycles. The second-order valence-corrected chi connectivity index (χ2v) is 5.24. The van der Waals surface area contributed by atoms with Crippen LogP contribution in [0.2, 0.25) is 0 Å². The summed E-state index contributed by atoms with van der Waals surface area (Å²) in [7, 11) is 0. The molecule has 106 valence electrons. The predicted octanol–water partition coefficient (Wildman–Crippen LogP) is 0.954. The maximum absolute atomic E-state index is 5.53. The highest BCUT2D eigenvalue weighted by atomic mass is 15.3. The van der Waals surface area contributed by atoms with E-state index in [0.29, 0.717) is 0 Å². The Morgan fingerprint density at radius 2 is 1.89 bits per heavy atom. The van der Waals surface area contributed by atoms with E-state index < -0.39 is 0 Å². The highest BCUT2D eigenvalue weighted by molar-refractivity contribution is 5.43. The molecule has 1 aliphatic rings. The third-order valence-corrected chi connectivity index (χ3v) is 3.65. The fraction of sp³-hybridized carbons (Fsp3) is 0.714. The van der Waals surface area contributed by atoms with E-state index in [1.807, 2.05) is 20.0 Å². The molecule has 1 aromatic heterocycles. The van der Waals surface area contributed by atoms with Crippen molar-refractivity contribution >= 4 is 5.82 Å². The lowest BCUT2D eigenvalue weighted by Gasteiger charge is -2.35. The van der Waals surface area contributed by atoms with Gasteiger partial charge in [0.15, 0.2) is 0 Å². The fourth-order valence-corrected chi connectivity index (χ4v) is 2.49. The van der Waals surface area contributed by atoms with E-state index in [0.717, 1.165) is 56.4 Å². The Labute approximate surface area is 115 Å². The number of hydrogen-bond donors (Lipinski definition) is 1. The number of unbranched alkanes of at least 4 members (excludes halogenated alkanes) is 1. The molecule has 0 aromatic carbocycles. The van der Waals surface area contributed by atoms with Crippen LogP contribution in [0.3, 0.4) is 0 Å². The molecule has 2 N–H and O–H groups in total. The standard InChI is InChI=1S/C14H25N5/c1-12-11-16-13(2)14(17-12)19-9-7-18(8-10-19)6-4-3-5-15/h11H,3-10,15H2,1-2H3. The van der Waals surface area contributed by atoms with Crippen LogP contribution in [0.1, 0.15) is 24.2 Å². The second-order valence-electron chi connectivity index (χ2n) is 5.24. The Bertz CT molecular complexity index is 399. The molecule has 0 bridgehead atoms. The van der Waals surface area contributed by atoms with Crippen molar-refractivity contribution in [3.05, 3.63) is 17.6 Å². The van der Waals surface area contributed by atoms with Gasteiger partial charge < -0.3 is 10.6 Å². The Morgan fingerprint density at radius 3 is 2.58 bits per heavy atom. The normalized spacial score (nSPS) is 16.9. The first-order valence-corrected chi connectivity index (χ1v) is 7.18. The molecule has 0 radical (unpaired) electrons. The maximum Gasteiger partial charge on any atom is 0.150 e. The van der Waals surface area contributed by atoms with Gasteiger partial charge in [0.1, 0.15) is 5.82 Å². The zero-order valence-corrected chi connectivity index (χ0v) is 12.1. The van der Waals surface area contributed by atoms with Gasteiger partial charge in [-0.05, 0) is 39.8 Å². The molecule has 5 nitrogen and oxygen atoms in total. The summed E-state index contributed by atoms with van der Waals surface area (Å²) < 4.78 is 0. The minimum Gasteiger partial charge on any atom is -0.353 e. The molecule has 2 heterocycles. The third-order valence-electron chi connectivity index (χ3n) is 3.65. The number of hydrogen-bond acceptors (Lipinski definition) is 5. The van der Waals surface area contributed by atoms with Crippen LogP contribution in [0.4, 0.5) is 5.82 Å². The number of nitrogens with zero attached hydrogens (tertiary/aromatic N) is 4. The summed E-state index contributed by atoms with van der Waals surface area (Å²) >= 11 is 0. The number of aryl methyl sites for hydroxylation is 2. The topological polar surface area (TPSA) is 58.3 Å². The van der Waals surface area contributed by atoms with Gasteiger partial charge in [0, 0.05) is 32.4 Å². The van der Waals surface area contributed by atoms with Crippen molar-refractivity contribution in [2.24, 2.45) is 5.73 Å². The highest BCUT2D eigenvalue weighted by Crippen LogP contribution is 2.17. The van der Waals surface area contributed by atoms with Gasteiger partial charge in [-0.1, -0.05) is 0 Å². The van der Waals surface area contributed by atoms with Gasteiger partial charge in [0.05, 0.1) is 11.4 Å².